The molecule has 1 aliphatic heterocycles. The number of carbonyl (C=O) groups is 1. The van der Waals surface area contributed by atoms with Gasteiger partial charge in [-0.25, -0.2) is 0 Å². The van der Waals surface area contributed by atoms with Crippen LogP contribution in [-0.2, 0) is 9.53 Å². The summed E-state index contributed by atoms with van der Waals surface area (Å²) in [4.78, 5) is 11.5. The predicted octanol–water partition coefficient (Wildman–Crippen LogP) is 1.16. The Kier molecular flexibility index (Phi) is 4.62. The number of ether oxygens (including phenoxy) is 1. The lowest BCUT2D eigenvalue weighted by Gasteiger charge is -2.40. The van der Waals surface area contributed by atoms with E-state index in [9.17, 15) is 4.79 Å². The minimum Gasteiger partial charge on any atom is -0.469 e. The molecule has 2 fully saturated rings. The smallest absolute Gasteiger partial charge is 0.308 e. The molecule has 0 radical (unpaired) electrons. The van der Waals surface area contributed by atoms with Gasteiger partial charge in [-0.1, -0.05) is 6.92 Å². The van der Waals surface area contributed by atoms with Gasteiger partial charge in [0.1, 0.15) is 0 Å². The van der Waals surface area contributed by atoms with E-state index in [-0.39, 0.29) is 11.9 Å². The van der Waals surface area contributed by atoms with Crippen molar-refractivity contribution >= 4 is 5.97 Å². The molecule has 0 unspecified atom stereocenters. The minimum atomic E-state index is -0.0179. The lowest BCUT2D eigenvalue weighted by Crippen LogP contribution is -2.43. The molecule has 0 atom stereocenters. The largest absolute Gasteiger partial charge is 0.469 e. The number of esters is 1. The predicted molar refractivity (Wildman–Crippen MR) is 71.3 cm³/mol. The van der Waals surface area contributed by atoms with E-state index in [1.54, 1.807) is 0 Å². The van der Waals surface area contributed by atoms with E-state index >= 15 is 0 Å². The van der Waals surface area contributed by atoms with Crippen LogP contribution in [0.4, 0.5) is 0 Å². The summed E-state index contributed by atoms with van der Waals surface area (Å²) in [5, 5.41) is 7.05. The molecule has 1 aliphatic carbocycles. The first-order valence-electron chi connectivity index (χ1n) is 7.15. The van der Waals surface area contributed by atoms with Gasteiger partial charge < -0.3 is 15.4 Å². The Balaban J connectivity index is 1.89. The summed E-state index contributed by atoms with van der Waals surface area (Å²) in [5.74, 6) is 0.841. The van der Waals surface area contributed by atoms with Crippen molar-refractivity contribution in [2.45, 2.75) is 32.6 Å². The number of methoxy groups -OCH3 is 1. The second kappa shape index (κ2) is 6.02. The van der Waals surface area contributed by atoms with Crippen molar-refractivity contribution in [3.63, 3.8) is 0 Å². The first kappa shape index (κ1) is 13.8. The fraction of sp³-hybridized carbons (Fsp3) is 0.929. The van der Waals surface area contributed by atoms with Crippen LogP contribution in [0.3, 0.4) is 0 Å². The Bertz CT molecular complexity index is 278. The molecule has 1 heterocycles. The van der Waals surface area contributed by atoms with Crippen molar-refractivity contribution in [2.75, 3.05) is 33.3 Å². The second-order valence-electron chi connectivity index (χ2n) is 6.08. The van der Waals surface area contributed by atoms with Crippen LogP contribution in [0, 0.1) is 17.3 Å². The zero-order valence-electron chi connectivity index (χ0n) is 11.6. The quantitative estimate of drug-likeness (QED) is 0.726. The fourth-order valence-electron chi connectivity index (χ4n) is 3.47. The third-order valence-corrected chi connectivity index (χ3v) is 4.78. The summed E-state index contributed by atoms with van der Waals surface area (Å²) in [5.41, 5.74) is 0.331. The summed E-state index contributed by atoms with van der Waals surface area (Å²) < 4.78 is 4.85. The van der Waals surface area contributed by atoms with Gasteiger partial charge >= 0.3 is 5.97 Å². The maximum absolute atomic E-state index is 11.5. The second-order valence-corrected chi connectivity index (χ2v) is 6.08. The van der Waals surface area contributed by atoms with E-state index in [0.29, 0.717) is 5.41 Å². The number of hydrogen-bond donors (Lipinski definition) is 2. The standard InChI is InChI=1S/C14H26N2O2/c1-14(9-15-7-8-16-10-14)12-5-3-11(4-6-12)13(17)18-2/h11-12,15-16H,3-10H2,1-2H3. The third kappa shape index (κ3) is 3.04. The third-order valence-electron chi connectivity index (χ3n) is 4.78. The van der Waals surface area contributed by atoms with Crippen LogP contribution in [0.25, 0.3) is 0 Å². The van der Waals surface area contributed by atoms with Crippen molar-refractivity contribution in [3.8, 4) is 0 Å². The van der Waals surface area contributed by atoms with Crippen LogP contribution in [0.1, 0.15) is 32.6 Å². The molecule has 0 amide bonds. The van der Waals surface area contributed by atoms with E-state index in [0.717, 1.165) is 57.8 Å². The number of rotatable bonds is 2. The molecule has 0 aromatic rings. The maximum Gasteiger partial charge on any atom is 0.308 e. The molecule has 0 spiro atoms. The molecule has 1 saturated heterocycles. The Morgan fingerprint density at radius 2 is 1.67 bits per heavy atom. The molecule has 0 aromatic heterocycles. The van der Waals surface area contributed by atoms with E-state index < -0.39 is 0 Å². The average Bonchev–Trinajstić information content (AvgIpc) is 2.64. The van der Waals surface area contributed by atoms with Gasteiger partial charge in [-0.05, 0) is 37.0 Å². The highest BCUT2D eigenvalue weighted by Gasteiger charge is 2.38. The molecular weight excluding hydrogens is 228 g/mol. The lowest BCUT2D eigenvalue weighted by molar-refractivity contribution is -0.147. The summed E-state index contributed by atoms with van der Waals surface area (Å²) in [6, 6.07) is 0. The number of carbonyl (C=O) groups excluding carboxylic acids is 1. The maximum atomic E-state index is 11.5. The molecule has 4 nitrogen and oxygen atoms in total. The van der Waals surface area contributed by atoms with E-state index in [4.69, 9.17) is 4.74 Å². The molecule has 18 heavy (non-hydrogen) atoms. The summed E-state index contributed by atoms with van der Waals surface area (Å²) >= 11 is 0. The van der Waals surface area contributed by atoms with Gasteiger partial charge in [-0.2, -0.15) is 0 Å². The molecule has 0 bridgehead atoms. The molecule has 104 valence electrons. The van der Waals surface area contributed by atoms with Crippen molar-refractivity contribution < 1.29 is 9.53 Å². The molecule has 2 N–H and O–H groups in total. The minimum absolute atomic E-state index is 0.0179. The SMILES string of the molecule is COC(=O)C1CCC(C2(C)CNCCNC2)CC1. The molecule has 0 aromatic carbocycles. The van der Waals surface area contributed by atoms with Crippen LogP contribution in [0.2, 0.25) is 0 Å². The molecule has 2 rings (SSSR count). The van der Waals surface area contributed by atoms with Crippen molar-refractivity contribution in [2.24, 2.45) is 17.3 Å². The lowest BCUT2D eigenvalue weighted by atomic mass is 9.67. The molecule has 4 heteroatoms. The van der Waals surface area contributed by atoms with Gasteiger partial charge in [0.25, 0.3) is 0 Å². The Labute approximate surface area is 110 Å². The van der Waals surface area contributed by atoms with Crippen molar-refractivity contribution in [3.05, 3.63) is 0 Å². The van der Waals surface area contributed by atoms with Gasteiger partial charge in [-0.3, -0.25) is 4.79 Å². The van der Waals surface area contributed by atoms with Crippen LogP contribution < -0.4 is 10.6 Å². The van der Waals surface area contributed by atoms with Crippen LogP contribution in [0.15, 0.2) is 0 Å². The van der Waals surface area contributed by atoms with E-state index in [1.165, 1.54) is 7.11 Å². The highest BCUT2D eigenvalue weighted by molar-refractivity contribution is 5.72. The fourth-order valence-corrected chi connectivity index (χ4v) is 3.47. The van der Waals surface area contributed by atoms with Crippen LogP contribution >= 0.6 is 0 Å². The average molecular weight is 254 g/mol. The Morgan fingerprint density at radius 3 is 2.17 bits per heavy atom. The van der Waals surface area contributed by atoms with Gasteiger partial charge in [0, 0.05) is 26.2 Å². The number of nitrogens with one attached hydrogen (secondary N) is 2. The van der Waals surface area contributed by atoms with Crippen molar-refractivity contribution in [1.29, 1.82) is 0 Å². The highest BCUT2D eigenvalue weighted by atomic mass is 16.5. The molecular formula is C14H26N2O2. The zero-order chi connectivity index (χ0) is 13.0. The van der Waals surface area contributed by atoms with Gasteiger partial charge in [0.05, 0.1) is 13.0 Å². The normalized spacial score (nSPS) is 32.6. The summed E-state index contributed by atoms with van der Waals surface area (Å²) in [7, 11) is 1.49. The Morgan fingerprint density at radius 1 is 1.11 bits per heavy atom. The summed E-state index contributed by atoms with van der Waals surface area (Å²) in [6.07, 6.45) is 4.29. The highest BCUT2D eigenvalue weighted by Crippen LogP contribution is 2.40. The van der Waals surface area contributed by atoms with Crippen LogP contribution in [0.5, 0.6) is 0 Å². The molecule has 2 aliphatic rings. The zero-order valence-corrected chi connectivity index (χ0v) is 11.6. The van der Waals surface area contributed by atoms with Gasteiger partial charge in [0.15, 0.2) is 0 Å². The first-order valence-corrected chi connectivity index (χ1v) is 7.15. The van der Waals surface area contributed by atoms with E-state index in [1.807, 2.05) is 0 Å². The monoisotopic (exact) mass is 254 g/mol. The topological polar surface area (TPSA) is 50.4 Å². The van der Waals surface area contributed by atoms with E-state index in [2.05, 4.69) is 17.6 Å². The first-order chi connectivity index (χ1) is 8.65. The van der Waals surface area contributed by atoms with Crippen molar-refractivity contribution in [1.82, 2.24) is 10.6 Å². The van der Waals surface area contributed by atoms with Gasteiger partial charge in [-0.15, -0.1) is 0 Å². The number of hydrogen-bond acceptors (Lipinski definition) is 4. The summed E-state index contributed by atoms with van der Waals surface area (Å²) in [6.45, 7) is 6.68. The molecule has 1 saturated carbocycles. The van der Waals surface area contributed by atoms with Crippen LogP contribution in [-0.4, -0.2) is 39.3 Å². The van der Waals surface area contributed by atoms with Gasteiger partial charge in [0.2, 0.25) is 0 Å². The Hall–Kier alpha value is -0.610.